The Morgan fingerprint density at radius 1 is 1.44 bits per heavy atom. The Morgan fingerprint density at radius 3 is 2.75 bits per heavy atom. The molecule has 16 heavy (non-hydrogen) atoms. The zero-order valence-corrected chi connectivity index (χ0v) is 10.7. The third-order valence-corrected chi connectivity index (χ3v) is 3.19. The zero-order valence-electron chi connectivity index (χ0n) is 9.07. The van der Waals surface area contributed by atoms with Crippen LogP contribution in [0.2, 0.25) is 0 Å². The number of benzene rings is 1. The number of aryl methyl sites for hydroxylation is 1. The first-order chi connectivity index (χ1) is 7.63. The lowest BCUT2D eigenvalue weighted by molar-refractivity contribution is 0.412. The molecule has 0 radical (unpaired) electrons. The second-order valence-corrected chi connectivity index (χ2v) is 4.19. The molecule has 0 aliphatic rings. The van der Waals surface area contributed by atoms with Crippen molar-refractivity contribution in [3.8, 4) is 17.0 Å². The molecule has 0 aliphatic carbocycles. The van der Waals surface area contributed by atoms with Gasteiger partial charge >= 0.3 is 0 Å². The van der Waals surface area contributed by atoms with E-state index >= 15 is 0 Å². The standard InChI is InChI=1S/C11H12BrN3O/c1-15-10(13)6-8(14-15)7-4-3-5-9(16-2)11(7)12/h3-6H,13H2,1-2H3. The van der Waals surface area contributed by atoms with Gasteiger partial charge in [0, 0.05) is 18.7 Å². The SMILES string of the molecule is COc1cccc(-c2cc(N)n(C)n2)c1Br. The first kappa shape index (κ1) is 11.0. The molecule has 0 aliphatic heterocycles. The molecule has 0 saturated heterocycles. The number of nitrogens with zero attached hydrogens (tertiary/aromatic N) is 2. The number of nitrogens with two attached hydrogens (primary N) is 1. The van der Waals surface area contributed by atoms with Gasteiger partial charge in [-0.2, -0.15) is 5.10 Å². The van der Waals surface area contributed by atoms with Crippen molar-refractivity contribution in [3.63, 3.8) is 0 Å². The summed E-state index contributed by atoms with van der Waals surface area (Å²) in [5.41, 5.74) is 7.54. The molecular weight excluding hydrogens is 270 g/mol. The van der Waals surface area contributed by atoms with Gasteiger partial charge in [-0.05, 0) is 22.0 Å². The minimum Gasteiger partial charge on any atom is -0.496 e. The number of methoxy groups -OCH3 is 1. The van der Waals surface area contributed by atoms with Crippen molar-refractivity contribution >= 4 is 21.7 Å². The molecule has 4 nitrogen and oxygen atoms in total. The lowest BCUT2D eigenvalue weighted by atomic mass is 10.1. The second-order valence-electron chi connectivity index (χ2n) is 3.40. The summed E-state index contributed by atoms with van der Waals surface area (Å²) >= 11 is 3.50. The summed E-state index contributed by atoms with van der Waals surface area (Å²) in [6, 6.07) is 7.61. The fourth-order valence-electron chi connectivity index (χ4n) is 1.48. The van der Waals surface area contributed by atoms with Crippen molar-refractivity contribution in [2.75, 3.05) is 12.8 Å². The Labute approximate surface area is 102 Å². The molecule has 0 bridgehead atoms. The van der Waals surface area contributed by atoms with Crippen LogP contribution in [0, 0.1) is 0 Å². The van der Waals surface area contributed by atoms with Gasteiger partial charge in [-0.1, -0.05) is 12.1 Å². The highest BCUT2D eigenvalue weighted by Gasteiger charge is 2.11. The second kappa shape index (κ2) is 4.17. The van der Waals surface area contributed by atoms with Gasteiger partial charge in [0.25, 0.3) is 0 Å². The monoisotopic (exact) mass is 281 g/mol. The van der Waals surface area contributed by atoms with Gasteiger partial charge in [0.1, 0.15) is 11.6 Å². The molecule has 2 rings (SSSR count). The lowest BCUT2D eigenvalue weighted by Crippen LogP contribution is -1.96. The molecule has 0 atom stereocenters. The number of anilines is 1. The first-order valence-corrected chi connectivity index (χ1v) is 5.55. The van der Waals surface area contributed by atoms with E-state index in [1.807, 2.05) is 31.3 Å². The Bertz CT molecular complexity index is 502. The third-order valence-electron chi connectivity index (χ3n) is 2.38. The smallest absolute Gasteiger partial charge is 0.133 e. The average molecular weight is 282 g/mol. The quantitative estimate of drug-likeness (QED) is 0.920. The highest BCUT2D eigenvalue weighted by atomic mass is 79.9. The van der Waals surface area contributed by atoms with Crippen LogP contribution in [0.4, 0.5) is 5.82 Å². The van der Waals surface area contributed by atoms with Crippen molar-refractivity contribution in [1.29, 1.82) is 0 Å². The van der Waals surface area contributed by atoms with Gasteiger partial charge in [-0.15, -0.1) is 0 Å². The molecule has 1 heterocycles. The number of aromatic nitrogens is 2. The summed E-state index contributed by atoms with van der Waals surface area (Å²) in [5.74, 6) is 1.41. The fourth-order valence-corrected chi connectivity index (χ4v) is 2.11. The summed E-state index contributed by atoms with van der Waals surface area (Å²) in [4.78, 5) is 0. The number of nitrogen functional groups attached to an aromatic ring is 1. The van der Waals surface area contributed by atoms with E-state index in [2.05, 4.69) is 21.0 Å². The molecule has 2 aromatic rings. The molecule has 0 saturated carbocycles. The summed E-state index contributed by atoms with van der Waals surface area (Å²) in [6.07, 6.45) is 0. The van der Waals surface area contributed by atoms with Crippen LogP contribution in [0.15, 0.2) is 28.7 Å². The zero-order chi connectivity index (χ0) is 11.7. The van der Waals surface area contributed by atoms with Gasteiger partial charge in [-0.25, -0.2) is 0 Å². The first-order valence-electron chi connectivity index (χ1n) is 4.76. The predicted molar refractivity (Wildman–Crippen MR) is 67.3 cm³/mol. The Kier molecular flexibility index (Phi) is 2.87. The van der Waals surface area contributed by atoms with Gasteiger partial charge in [0.15, 0.2) is 0 Å². The molecule has 84 valence electrons. The Hall–Kier alpha value is -1.49. The summed E-state index contributed by atoms with van der Waals surface area (Å²) in [7, 11) is 3.45. The number of rotatable bonds is 2. The third kappa shape index (κ3) is 1.78. The van der Waals surface area contributed by atoms with Gasteiger partial charge in [-0.3, -0.25) is 4.68 Å². The highest BCUT2D eigenvalue weighted by molar-refractivity contribution is 9.10. The summed E-state index contributed by atoms with van der Waals surface area (Å²) in [6.45, 7) is 0. The maximum absolute atomic E-state index is 5.75. The van der Waals surface area contributed by atoms with Gasteiger partial charge < -0.3 is 10.5 Å². The van der Waals surface area contributed by atoms with E-state index in [1.54, 1.807) is 11.8 Å². The minimum absolute atomic E-state index is 0.629. The maximum atomic E-state index is 5.75. The normalized spacial score (nSPS) is 10.4. The Balaban J connectivity index is 2.55. The molecule has 0 unspecified atom stereocenters. The molecule has 1 aromatic carbocycles. The van der Waals surface area contributed by atoms with Crippen LogP contribution in [0.25, 0.3) is 11.3 Å². The average Bonchev–Trinajstić information content (AvgIpc) is 2.59. The van der Waals surface area contributed by atoms with Crippen LogP contribution >= 0.6 is 15.9 Å². The lowest BCUT2D eigenvalue weighted by Gasteiger charge is -2.06. The van der Waals surface area contributed by atoms with Crippen molar-refractivity contribution in [1.82, 2.24) is 9.78 Å². The van der Waals surface area contributed by atoms with E-state index < -0.39 is 0 Å². The molecule has 0 spiro atoms. The molecule has 0 amide bonds. The molecule has 0 fully saturated rings. The van der Waals surface area contributed by atoms with Crippen molar-refractivity contribution in [3.05, 3.63) is 28.7 Å². The van der Waals surface area contributed by atoms with Crippen LogP contribution in [0.5, 0.6) is 5.75 Å². The van der Waals surface area contributed by atoms with Crippen LogP contribution in [-0.4, -0.2) is 16.9 Å². The topological polar surface area (TPSA) is 53.1 Å². The van der Waals surface area contributed by atoms with E-state index in [0.717, 1.165) is 21.5 Å². The van der Waals surface area contributed by atoms with Gasteiger partial charge in [0.05, 0.1) is 17.3 Å². The number of halogens is 1. The van der Waals surface area contributed by atoms with Crippen molar-refractivity contribution in [2.24, 2.45) is 7.05 Å². The van der Waals surface area contributed by atoms with Crippen LogP contribution in [0.1, 0.15) is 0 Å². The van der Waals surface area contributed by atoms with E-state index in [9.17, 15) is 0 Å². The fraction of sp³-hybridized carbons (Fsp3) is 0.182. The maximum Gasteiger partial charge on any atom is 0.133 e. The molecule has 2 N–H and O–H groups in total. The predicted octanol–water partition coefficient (Wildman–Crippen LogP) is 2.44. The minimum atomic E-state index is 0.629. The number of ether oxygens (including phenoxy) is 1. The van der Waals surface area contributed by atoms with E-state index in [1.165, 1.54) is 0 Å². The molecule has 5 heteroatoms. The van der Waals surface area contributed by atoms with E-state index in [0.29, 0.717) is 5.82 Å². The summed E-state index contributed by atoms with van der Waals surface area (Å²) < 4.78 is 7.76. The largest absolute Gasteiger partial charge is 0.496 e. The van der Waals surface area contributed by atoms with Crippen LogP contribution < -0.4 is 10.5 Å². The van der Waals surface area contributed by atoms with Gasteiger partial charge in [0.2, 0.25) is 0 Å². The molecular formula is C11H12BrN3O. The number of hydrogen-bond donors (Lipinski definition) is 1. The van der Waals surface area contributed by atoms with Crippen LogP contribution in [-0.2, 0) is 7.05 Å². The van der Waals surface area contributed by atoms with Crippen LogP contribution in [0.3, 0.4) is 0 Å². The van der Waals surface area contributed by atoms with E-state index in [-0.39, 0.29) is 0 Å². The Morgan fingerprint density at radius 2 is 2.19 bits per heavy atom. The summed E-state index contributed by atoms with van der Waals surface area (Å²) in [5, 5.41) is 4.32. The van der Waals surface area contributed by atoms with Crippen molar-refractivity contribution < 1.29 is 4.74 Å². The van der Waals surface area contributed by atoms with E-state index in [4.69, 9.17) is 10.5 Å². The highest BCUT2D eigenvalue weighted by Crippen LogP contribution is 2.35. The molecule has 1 aromatic heterocycles. The van der Waals surface area contributed by atoms with Crippen molar-refractivity contribution in [2.45, 2.75) is 0 Å². The number of hydrogen-bond acceptors (Lipinski definition) is 3.